The molecule has 0 aliphatic rings. The Bertz CT molecular complexity index is 1370. The molecule has 0 saturated carbocycles. The van der Waals surface area contributed by atoms with Crippen molar-refractivity contribution in [1.82, 2.24) is 14.5 Å². The zero-order valence-electron chi connectivity index (χ0n) is 16.2. The molecule has 0 amide bonds. The molecule has 0 bridgehead atoms. The molecule has 4 rings (SSSR count). The molecule has 4 aromatic rings. The second kappa shape index (κ2) is 6.98. The standard InChI is InChI=1S/C21H19FN4O3S/c1-13-4-3-11-24-19(13)21(27,14-5-7-15(22)8-6-14)20-25-17-10-9-16(30(23,28)29)12-18(17)26(20)2/h3-12,27H,1-2H3,(H2,23,28,29). The zero-order chi connectivity index (χ0) is 21.7. The maximum atomic E-state index is 13.6. The van der Waals surface area contributed by atoms with E-state index in [2.05, 4.69) is 9.97 Å². The molecule has 2 aromatic carbocycles. The number of benzene rings is 2. The molecule has 154 valence electrons. The maximum absolute atomic E-state index is 13.6. The van der Waals surface area contributed by atoms with E-state index in [0.29, 0.717) is 27.9 Å². The van der Waals surface area contributed by atoms with Crippen LogP contribution >= 0.6 is 0 Å². The van der Waals surface area contributed by atoms with E-state index in [1.165, 1.54) is 42.5 Å². The van der Waals surface area contributed by atoms with Gasteiger partial charge in [0.05, 0.1) is 21.6 Å². The van der Waals surface area contributed by atoms with Gasteiger partial charge >= 0.3 is 0 Å². The SMILES string of the molecule is Cc1cccnc1C(O)(c1ccc(F)cc1)c1nc2ccc(S(N)(=O)=O)cc2n1C. The van der Waals surface area contributed by atoms with Crippen LogP contribution in [-0.4, -0.2) is 28.1 Å². The number of aryl methyl sites for hydroxylation is 2. The molecule has 2 aromatic heterocycles. The fourth-order valence-electron chi connectivity index (χ4n) is 3.60. The van der Waals surface area contributed by atoms with Gasteiger partial charge in [0.15, 0.2) is 11.4 Å². The van der Waals surface area contributed by atoms with Gasteiger partial charge in [-0.05, 0) is 54.4 Å². The molecule has 2 heterocycles. The topological polar surface area (TPSA) is 111 Å². The van der Waals surface area contributed by atoms with Crippen molar-refractivity contribution in [3.05, 3.63) is 89.3 Å². The summed E-state index contributed by atoms with van der Waals surface area (Å²) in [4.78, 5) is 8.88. The zero-order valence-corrected chi connectivity index (χ0v) is 17.1. The van der Waals surface area contributed by atoms with Crippen LogP contribution in [0.15, 0.2) is 65.7 Å². The number of hydrogen-bond donors (Lipinski definition) is 2. The first-order valence-corrected chi connectivity index (χ1v) is 10.6. The molecule has 0 spiro atoms. The highest BCUT2D eigenvalue weighted by Gasteiger charge is 2.41. The number of aromatic nitrogens is 3. The summed E-state index contributed by atoms with van der Waals surface area (Å²) in [6.07, 6.45) is 1.55. The Hall–Kier alpha value is -3.14. The molecule has 0 fully saturated rings. The number of nitrogens with zero attached hydrogens (tertiary/aromatic N) is 3. The molecule has 0 radical (unpaired) electrons. The Balaban J connectivity index is 2.05. The molecule has 1 unspecified atom stereocenters. The van der Waals surface area contributed by atoms with Crippen molar-refractivity contribution in [2.24, 2.45) is 12.2 Å². The first-order valence-electron chi connectivity index (χ1n) is 9.02. The molecule has 30 heavy (non-hydrogen) atoms. The Morgan fingerprint density at radius 1 is 1.13 bits per heavy atom. The summed E-state index contributed by atoms with van der Waals surface area (Å²) in [6, 6.07) is 13.3. The van der Waals surface area contributed by atoms with Crippen LogP contribution < -0.4 is 5.14 Å². The minimum Gasteiger partial charge on any atom is -0.372 e. The van der Waals surface area contributed by atoms with E-state index in [0.717, 1.165) is 0 Å². The van der Waals surface area contributed by atoms with Gasteiger partial charge in [0.2, 0.25) is 10.0 Å². The number of pyridine rings is 1. The number of nitrogens with two attached hydrogens (primary N) is 1. The van der Waals surface area contributed by atoms with Crippen molar-refractivity contribution < 1.29 is 17.9 Å². The summed E-state index contributed by atoms with van der Waals surface area (Å²) < 4.78 is 38.7. The minimum atomic E-state index is -3.91. The lowest BCUT2D eigenvalue weighted by Gasteiger charge is -2.29. The number of sulfonamides is 1. The average Bonchev–Trinajstić information content (AvgIpc) is 3.04. The lowest BCUT2D eigenvalue weighted by atomic mass is 9.86. The van der Waals surface area contributed by atoms with Crippen LogP contribution in [0.2, 0.25) is 0 Å². The fourth-order valence-corrected chi connectivity index (χ4v) is 4.13. The predicted molar refractivity (Wildman–Crippen MR) is 110 cm³/mol. The second-order valence-electron chi connectivity index (χ2n) is 7.08. The quantitative estimate of drug-likeness (QED) is 0.520. The number of fused-ring (bicyclic) bond motifs is 1. The van der Waals surface area contributed by atoms with E-state index < -0.39 is 21.4 Å². The van der Waals surface area contributed by atoms with Crippen molar-refractivity contribution in [3.63, 3.8) is 0 Å². The number of primary sulfonamides is 1. The van der Waals surface area contributed by atoms with E-state index in [4.69, 9.17) is 5.14 Å². The first kappa shape index (κ1) is 20.1. The predicted octanol–water partition coefficient (Wildman–Crippen LogP) is 2.35. The largest absolute Gasteiger partial charge is 0.372 e. The van der Waals surface area contributed by atoms with Crippen LogP contribution in [0.25, 0.3) is 11.0 Å². The normalized spacial score (nSPS) is 14.0. The lowest BCUT2D eigenvalue weighted by Crippen LogP contribution is -2.34. The summed E-state index contributed by atoms with van der Waals surface area (Å²) in [5.74, 6) is -0.237. The van der Waals surface area contributed by atoms with Crippen molar-refractivity contribution in [1.29, 1.82) is 0 Å². The van der Waals surface area contributed by atoms with Gasteiger partial charge < -0.3 is 9.67 Å². The Labute approximate surface area is 172 Å². The second-order valence-corrected chi connectivity index (χ2v) is 8.64. The highest BCUT2D eigenvalue weighted by Crippen LogP contribution is 2.38. The summed E-state index contributed by atoms with van der Waals surface area (Å²) in [5.41, 5.74) is 0.535. The summed E-state index contributed by atoms with van der Waals surface area (Å²) in [5, 5.41) is 17.3. The smallest absolute Gasteiger partial charge is 0.238 e. The fraction of sp³-hybridized carbons (Fsp3) is 0.143. The minimum absolute atomic E-state index is 0.0658. The van der Waals surface area contributed by atoms with E-state index in [1.54, 1.807) is 36.9 Å². The Kier molecular flexibility index (Phi) is 4.69. The molecule has 9 heteroatoms. The van der Waals surface area contributed by atoms with E-state index in [-0.39, 0.29) is 10.7 Å². The molecule has 7 nitrogen and oxygen atoms in total. The van der Waals surface area contributed by atoms with E-state index >= 15 is 0 Å². The highest BCUT2D eigenvalue weighted by atomic mass is 32.2. The van der Waals surface area contributed by atoms with Gasteiger partial charge in [0.25, 0.3) is 0 Å². The van der Waals surface area contributed by atoms with E-state index in [9.17, 15) is 17.9 Å². The van der Waals surface area contributed by atoms with Crippen molar-refractivity contribution in [2.75, 3.05) is 0 Å². The molecular weight excluding hydrogens is 407 g/mol. The third-order valence-corrected chi connectivity index (χ3v) is 6.03. The third-order valence-electron chi connectivity index (χ3n) is 5.12. The van der Waals surface area contributed by atoms with Gasteiger partial charge in [0.1, 0.15) is 5.82 Å². The van der Waals surface area contributed by atoms with Crippen molar-refractivity contribution in [3.8, 4) is 0 Å². The summed E-state index contributed by atoms with van der Waals surface area (Å²) >= 11 is 0. The first-order chi connectivity index (χ1) is 14.1. The molecule has 3 N–H and O–H groups in total. The molecule has 1 atom stereocenters. The van der Waals surface area contributed by atoms with Crippen LogP contribution in [0.4, 0.5) is 4.39 Å². The number of hydrogen-bond acceptors (Lipinski definition) is 5. The molecule has 0 saturated heterocycles. The van der Waals surface area contributed by atoms with Gasteiger partial charge in [-0.2, -0.15) is 0 Å². The highest BCUT2D eigenvalue weighted by molar-refractivity contribution is 7.89. The van der Waals surface area contributed by atoms with E-state index in [1.807, 2.05) is 0 Å². The van der Waals surface area contributed by atoms with Crippen molar-refractivity contribution >= 4 is 21.1 Å². The van der Waals surface area contributed by atoms with Gasteiger partial charge in [0, 0.05) is 13.2 Å². The molecular formula is C21H19FN4O3S. The van der Waals surface area contributed by atoms with Crippen LogP contribution in [0, 0.1) is 12.7 Å². The van der Waals surface area contributed by atoms with Gasteiger partial charge in [-0.1, -0.05) is 18.2 Å². The van der Waals surface area contributed by atoms with Crippen LogP contribution in [-0.2, 0) is 22.7 Å². The van der Waals surface area contributed by atoms with Gasteiger partial charge in [-0.15, -0.1) is 0 Å². The lowest BCUT2D eigenvalue weighted by molar-refractivity contribution is 0.107. The van der Waals surface area contributed by atoms with Crippen LogP contribution in [0.5, 0.6) is 0 Å². The Morgan fingerprint density at radius 2 is 1.83 bits per heavy atom. The maximum Gasteiger partial charge on any atom is 0.238 e. The van der Waals surface area contributed by atoms with Crippen LogP contribution in [0.1, 0.15) is 22.6 Å². The monoisotopic (exact) mass is 426 g/mol. The number of imidazole rings is 1. The molecule has 0 aliphatic carbocycles. The van der Waals surface area contributed by atoms with Gasteiger partial charge in [-0.3, -0.25) is 4.98 Å². The average molecular weight is 426 g/mol. The Morgan fingerprint density at radius 3 is 2.47 bits per heavy atom. The third kappa shape index (κ3) is 3.17. The molecule has 0 aliphatic heterocycles. The number of rotatable bonds is 4. The summed E-state index contributed by atoms with van der Waals surface area (Å²) in [6.45, 7) is 1.80. The number of aliphatic hydroxyl groups is 1. The van der Waals surface area contributed by atoms with Gasteiger partial charge in [-0.25, -0.2) is 22.9 Å². The van der Waals surface area contributed by atoms with Crippen molar-refractivity contribution in [2.45, 2.75) is 17.4 Å². The van der Waals surface area contributed by atoms with Crippen LogP contribution in [0.3, 0.4) is 0 Å². The summed E-state index contributed by atoms with van der Waals surface area (Å²) in [7, 11) is -2.25. The number of halogens is 1.